The molecule has 1 aromatic heterocycles. The second-order valence-electron chi connectivity index (χ2n) is 8.16. The van der Waals surface area contributed by atoms with Gasteiger partial charge in [0.25, 0.3) is 0 Å². The summed E-state index contributed by atoms with van der Waals surface area (Å²) in [5, 5.41) is 3.48. The lowest BCUT2D eigenvalue weighted by molar-refractivity contribution is 0.112. The summed E-state index contributed by atoms with van der Waals surface area (Å²) >= 11 is 0. The maximum atomic E-state index is 11.5. The monoisotopic (exact) mass is 439 g/mol. The lowest BCUT2D eigenvalue weighted by Crippen LogP contribution is -2.12. The number of carbonyl (C=O) groups is 1. The summed E-state index contributed by atoms with van der Waals surface area (Å²) in [6.45, 7) is 9.95. The molecule has 0 fully saturated rings. The summed E-state index contributed by atoms with van der Waals surface area (Å²) in [5.74, 6) is 0. The summed E-state index contributed by atoms with van der Waals surface area (Å²) in [6.07, 6.45) is 8.86. The average molecular weight is 440 g/mol. The summed E-state index contributed by atoms with van der Waals surface area (Å²) in [6, 6.07) is 18.2. The van der Waals surface area contributed by atoms with Crippen LogP contribution < -0.4 is 11.1 Å². The van der Waals surface area contributed by atoms with Gasteiger partial charge in [-0.05, 0) is 71.5 Å². The van der Waals surface area contributed by atoms with Crippen LogP contribution in [-0.4, -0.2) is 11.3 Å². The van der Waals surface area contributed by atoms with Crippen LogP contribution in [0.3, 0.4) is 0 Å². The number of rotatable bonds is 11. The van der Waals surface area contributed by atoms with Crippen molar-refractivity contribution in [2.24, 2.45) is 0 Å². The second-order valence-corrected chi connectivity index (χ2v) is 8.16. The van der Waals surface area contributed by atoms with Gasteiger partial charge in [0.15, 0.2) is 6.29 Å². The number of H-pyrrole nitrogens is 1. The van der Waals surface area contributed by atoms with Crippen molar-refractivity contribution in [2.75, 3.05) is 5.73 Å². The van der Waals surface area contributed by atoms with Crippen LogP contribution in [0.15, 0.2) is 79.4 Å². The van der Waals surface area contributed by atoms with E-state index in [-0.39, 0.29) is 0 Å². The number of carbonyl (C=O) groups excluding carboxylic acids is 1. The molecule has 4 heteroatoms. The van der Waals surface area contributed by atoms with Gasteiger partial charge in [-0.15, -0.1) is 0 Å². The molecule has 0 bridgehead atoms. The number of hydrogen-bond acceptors (Lipinski definition) is 3. The fourth-order valence-electron chi connectivity index (χ4n) is 3.76. The molecule has 4 nitrogen and oxygen atoms in total. The molecule has 0 aliphatic heterocycles. The largest absolute Gasteiger partial charge is 0.399 e. The molecule has 0 atom stereocenters. The average Bonchev–Trinajstić information content (AvgIpc) is 3.23. The Morgan fingerprint density at radius 3 is 2.55 bits per heavy atom. The van der Waals surface area contributed by atoms with Crippen LogP contribution in [0.4, 0.5) is 5.69 Å². The first-order valence-electron chi connectivity index (χ1n) is 11.4. The van der Waals surface area contributed by atoms with E-state index in [0.29, 0.717) is 0 Å². The van der Waals surface area contributed by atoms with Gasteiger partial charge >= 0.3 is 0 Å². The molecule has 3 aromatic rings. The van der Waals surface area contributed by atoms with Gasteiger partial charge in [0.1, 0.15) is 0 Å². The molecule has 3 rings (SSSR count). The first-order chi connectivity index (χ1) is 16.0. The van der Waals surface area contributed by atoms with Crippen molar-refractivity contribution in [3.05, 3.63) is 113 Å². The third-order valence-corrected chi connectivity index (χ3v) is 5.48. The van der Waals surface area contributed by atoms with E-state index in [1.165, 1.54) is 11.1 Å². The molecule has 0 aliphatic carbocycles. The lowest BCUT2D eigenvalue weighted by atomic mass is 10.0. The van der Waals surface area contributed by atoms with Gasteiger partial charge in [0, 0.05) is 35.7 Å². The van der Waals surface area contributed by atoms with Crippen molar-refractivity contribution in [3.63, 3.8) is 0 Å². The third kappa shape index (κ3) is 6.67. The second kappa shape index (κ2) is 11.8. The van der Waals surface area contributed by atoms with Crippen molar-refractivity contribution in [1.82, 2.24) is 10.3 Å². The molecule has 0 saturated heterocycles. The summed E-state index contributed by atoms with van der Waals surface area (Å²) in [4.78, 5) is 14.9. The minimum absolute atomic E-state index is 0.724. The van der Waals surface area contributed by atoms with Gasteiger partial charge in [-0.2, -0.15) is 0 Å². The van der Waals surface area contributed by atoms with Crippen molar-refractivity contribution < 1.29 is 4.79 Å². The van der Waals surface area contributed by atoms with Crippen LogP contribution in [0.25, 0.3) is 11.1 Å². The van der Waals surface area contributed by atoms with Crippen LogP contribution >= 0.6 is 0 Å². The Hall–Kier alpha value is -3.63. The Morgan fingerprint density at radius 2 is 1.85 bits per heavy atom. The molecular weight excluding hydrogens is 406 g/mol. The zero-order valence-electron chi connectivity index (χ0n) is 19.5. The van der Waals surface area contributed by atoms with Gasteiger partial charge < -0.3 is 16.0 Å². The summed E-state index contributed by atoms with van der Waals surface area (Å²) < 4.78 is 0. The van der Waals surface area contributed by atoms with Crippen LogP contribution in [0.2, 0.25) is 0 Å². The predicted molar refractivity (Wildman–Crippen MR) is 140 cm³/mol. The number of aromatic nitrogens is 1. The summed E-state index contributed by atoms with van der Waals surface area (Å²) in [7, 11) is 0. The van der Waals surface area contributed by atoms with Gasteiger partial charge in [0.2, 0.25) is 0 Å². The van der Waals surface area contributed by atoms with Crippen LogP contribution in [0.5, 0.6) is 0 Å². The number of aryl methyl sites for hydroxylation is 1. The number of nitrogens with one attached hydrogen (secondary N) is 2. The zero-order valence-corrected chi connectivity index (χ0v) is 19.5. The van der Waals surface area contributed by atoms with E-state index in [1.54, 1.807) is 0 Å². The smallest absolute Gasteiger partial charge is 0.151 e. The Kier molecular flexibility index (Phi) is 8.62. The fourth-order valence-corrected chi connectivity index (χ4v) is 3.76. The molecule has 0 amide bonds. The first-order valence-corrected chi connectivity index (χ1v) is 11.4. The SMILES string of the molecule is C=C(/C=C(\C=C/C)c1cc(C=O)c(CCC)[nH]1)c1cccc(CNCc2ccc(N)cc2)c1. The Labute approximate surface area is 196 Å². The van der Waals surface area contributed by atoms with E-state index in [2.05, 4.69) is 54.1 Å². The number of aromatic amines is 1. The lowest BCUT2D eigenvalue weighted by Gasteiger charge is -2.09. The number of aldehydes is 1. The number of hydrogen-bond donors (Lipinski definition) is 3. The van der Waals surface area contributed by atoms with E-state index in [4.69, 9.17) is 5.73 Å². The van der Waals surface area contributed by atoms with E-state index in [0.717, 1.165) is 71.6 Å². The normalized spacial score (nSPS) is 11.8. The predicted octanol–water partition coefficient (Wildman–Crippen LogP) is 6.32. The van der Waals surface area contributed by atoms with E-state index >= 15 is 0 Å². The quantitative estimate of drug-likeness (QED) is 0.186. The van der Waals surface area contributed by atoms with E-state index < -0.39 is 0 Å². The fraction of sp³-hybridized carbons (Fsp3) is 0.207. The maximum Gasteiger partial charge on any atom is 0.151 e. The highest BCUT2D eigenvalue weighted by molar-refractivity contribution is 5.88. The van der Waals surface area contributed by atoms with Crippen molar-refractivity contribution in [2.45, 2.75) is 39.8 Å². The van der Waals surface area contributed by atoms with E-state index in [9.17, 15) is 4.79 Å². The molecular formula is C29H33N3O. The topological polar surface area (TPSA) is 70.9 Å². The minimum Gasteiger partial charge on any atom is -0.399 e. The first kappa shape index (κ1) is 24.0. The molecule has 4 N–H and O–H groups in total. The molecule has 2 aromatic carbocycles. The Bertz CT molecular complexity index is 1150. The highest BCUT2D eigenvalue weighted by Crippen LogP contribution is 2.25. The molecule has 1 heterocycles. The van der Waals surface area contributed by atoms with Crippen molar-refractivity contribution in [1.29, 1.82) is 0 Å². The van der Waals surface area contributed by atoms with E-state index in [1.807, 2.05) is 49.4 Å². The molecule has 0 unspecified atom stereocenters. The van der Waals surface area contributed by atoms with Gasteiger partial charge in [0.05, 0.1) is 0 Å². The highest BCUT2D eigenvalue weighted by Gasteiger charge is 2.10. The number of anilines is 1. The number of nitrogen functional groups attached to an aromatic ring is 1. The Balaban J connectivity index is 1.74. The standard InChI is InChI=1S/C29H33N3O/c1-4-7-25(29-17-26(20-33)28(32-29)8-5-2)15-21(3)24-10-6-9-23(16-24)19-31-18-22-11-13-27(30)14-12-22/h4,6-7,9-17,20,31-32H,3,5,8,18-19,30H2,1-2H3/b7-4-,25-15+. The number of benzene rings is 2. The van der Waals surface area contributed by atoms with Crippen LogP contribution in [-0.2, 0) is 19.5 Å². The van der Waals surface area contributed by atoms with Crippen molar-refractivity contribution in [3.8, 4) is 0 Å². The highest BCUT2D eigenvalue weighted by atomic mass is 16.1. The molecule has 33 heavy (non-hydrogen) atoms. The number of allylic oxidation sites excluding steroid dienone is 5. The summed E-state index contributed by atoms with van der Waals surface area (Å²) in [5.41, 5.74) is 14.6. The molecule has 0 aliphatic rings. The van der Waals surface area contributed by atoms with Crippen molar-refractivity contribution >= 4 is 23.1 Å². The zero-order chi connectivity index (χ0) is 23.6. The van der Waals surface area contributed by atoms with Crippen LogP contribution in [0, 0.1) is 0 Å². The maximum absolute atomic E-state index is 11.5. The van der Waals surface area contributed by atoms with Gasteiger partial charge in [-0.3, -0.25) is 4.79 Å². The third-order valence-electron chi connectivity index (χ3n) is 5.48. The van der Waals surface area contributed by atoms with Crippen LogP contribution in [0.1, 0.15) is 58.7 Å². The minimum atomic E-state index is 0.724. The molecule has 0 radical (unpaired) electrons. The molecule has 0 spiro atoms. The Morgan fingerprint density at radius 1 is 1.09 bits per heavy atom. The van der Waals surface area contributed by atoms with Gasteiger partial charge in [-0.25, -0.2) is 0 Å². The molecule has 170 valence electrons. The van der Waals surface area contributed by atoms with Gasteiger partial charge in [-0.1, -0.05) is 62.4 Å². The number of nitrogens with two attached hydrogens (primary N) is 1. The molecule has 0 saturated carbocycles.